The molecule has 0 saturated carbocycles. The summed E-state index contributed by atoms with van der Waals surface area (Å²) in [6, 6.07) is 0. The van der Waals surface area contributed by atoms with Gasteiger partial charge < -0.3 is 5.32 Å². The van der Waals surface area contributed by atoms with Crippen LogP contribution in [0.2, 0.25) is 0 Å². The molecule has 54 valence electrons. The standard InChI is InChI=1S/C8H11NO/c1-9-7-5-3-2-4-6-8-10/h2-9H,1H3/p+1/b3-2+,6-4+,7-5+. The van der Waals surface area contributed by atoms with Crippen molar-refractivity contribution in [2.45, 2.75) is 0 Å². The highest BCUT2D eigenvalue weighted by Gasteiger charge is 1.63. The lowest BCUT2D eigenvalue weighted by Gasteiger charge is -1.73. The van der Waals surface area contributed by atoms with Gasteiger partial charge in [-0.1, -0.05) is 18.2 Å². The number of aldehydes is 1. The molecule has 0 bridgehead atoms. The van der Waals surface area contributed by atoms with E-state index in [9.17, 15) is 4.79 Å². The third-order valence-electron chi connectivity index (χ3n) is 0.827. The summed E-state index contributed by atoms with van der Waals surface area (Å²) in [6.07, 6.45) is 11.4. The van der Waals surface area contributed by atoms with Crippen molar-refractivity contribution in [3.05, 3.63) is 36.6 Å². The quantitative estimate of drug-likeness (QED) is 0.331. The van der Waals surface area contributed by atoms with E-state index in [-0.39, 0.29) is 0 Å². The Bertz CT molecular complexity index is 157. The van der Waals surface area contributed by atoms with Crippen molar-refractivity contribution in [3.63, 3.8) is 0 Å². The highest BCUT2D eigenvalue weighted by Crippen LogP contribution is 1.74. The van der Waals surface area contributed by atoms with Crippen LogP contribution >= 0.6 is 0 Å². The van der Waals surface area contributed by atoms with Crippen LogP contribution in [-0.4, -0.2) is 13.3 Å². The van der Waals surface area contributed by atoms with E-state index in [1.807, 2.05) is 30.7 Å². The zero-order valence-electron chi connectivity index (χ0n) is 6.03. The number of carbonyl (C=O) groups is 1. The van der Waals surface area contributed by atoms with Gasteiger partial charge in [-0.2, -0.15) is 0 Å². The molecule has 0 saturated heterocycles. The van der Waals surface area contributed by atoms with Gasteiger partial charge in [0.1, 0.15) is 6.29 Å². The minimum atomic E-state index is 0.750. The van der Waals surface area contributed by atoms with Gasteiger partial charge in [-0.3, -0.25) is 4.79 Å². The van der Waals surface area contributed by atoms with Crippen LogP contribution in [0.4, 0.5) is 0 Å². The van der Waals surface area contributed by atoms with Crippen molar-refractivity contribution in [2.75, 3.05) is 7.05 Å². The molecule has 10 heavy (non-hydrogen) atoms. The second-order valence-corrected chi connectivity index (χ2v) is 1.62. The second kappa shape index (κ2) is 7.85. The molecule has 0 atom stereocenters. The molecule has 0 rings (SSSR count). The van der Waals surface area contributed by atoms with Crippen LogP contribution in [0.1, 0.15) is 0 Å². The molecule has 0 radical (unpaired) electrons. The van der Waals surface area contributed by atoms with Crippen molar-refractivity contribution >= 4 is 6.29 Å². The van der Waals surface area contributed by atoms with Crippen molar-refractivity contribution in [2.24, 2.45) is 0 Å². The SMILES string of the molecule is C[NH2+]/C=C/C=C/C=C/C=O. The lowest BCUT2D eigenvalue weighted by molar-refractivity contribution is -0.556. The largest absolute Gasteiger partial charge is 0.322 e. The molecule has 0 aliphatic heterocycles. The maximum Gasteiger partial charge on any atom is 0.142 e. The molecule has 2 heteroatoms. The first kappa shape index (κ1) is 8.85. The fourth-order valence-corrected chi connectivity index (χ4v) is 0.413. The highest BCUT2D eigenvalue weighted by molar-refractivity contribution is 5.65. The Balaban J connectivity index is 3.46. The van der Waals surface area contributed by atoms with E-state index in [2.05, 4.69) is 0 Å². The van der Waals surface area contributed by atoms with Gasteiger partial charge in [0.15, 0.2) is 0 Å². The summed E-state index contributed by atoms with van der Waals surface area (Å²) in [5.74, 6) is 0. The van der Waals surface area contributed by atoms with Gasteiger partial charge in [0.25, 0.3) is 0 Å². The Morgan fingerprint density at radius 3 is 2.20 bits per heavy atom. The summed E-state index contributed by atoms with van der Waals surface area (Å²) in [6.45, 7) is 0. The molecular weight excluding hydrogens is 126 g/mol. The van der Waals surface area contributed by atoms with Crippen LogP contribution in [-0.2, 0) is 4.79 Å². The first-order valence-corrected chi connectivity index (χ1v) is 3.15. The second-order valence-electron chi connectivity index (χ2n) is 1.62. The third-order valence-corrected chi connectivity index (χ3v) is 0.827. The monoisotopic (exact) mass is 138 g/mol. The number of nitrogens with two attached hydrogens (primary N) is 1. The number of hydrogen-bond donors (Lipinski definition) is 1. The lowest BCUT2D eigenvalue weighted by Crippen LogP contribution is -2.72. The normalized spacial score (nSPS) is 12.1. The van der Waals surface area contributed by atoms with E-state index in [1.165, 1.54) is 6.08 Å². The molecule has 0 fully saturated rings. The molecular formula is C8H12NO+. The number of quaternary nitrogens is 1. The molecule has 0 aliphatic rings. The predicted molar refractivity (Wildman–Crippen MR) is 41.3 cm³/mol. The average Bonchev–Trinajstić information content (AvgIpc) is 1.97. The van der Waals surface area contributed by atoms with Crippen molar-refractivity contribution in [1.82, 2.24) is 0 Å². The van der Waals surface area contributed by atoms with E-state index >= 15 is 0 Å². The topological polar surface area (TPSA) is 33.7 Å². The zero-order chi connectivity index (χ0) is 7.66. The fraction of sp³-hybridized carbons (Fsp3) is 0.125. The maximum atomic E-state index is 9.75. The fourth-order valence-electron chi connectivity index (χ4n) is 0.413. The molecule has 0 amide bonds. The van der Waals surface area contributed by atoms with Crippen LogP contribution in [0.3, 0.4) is 0 Å². The molecule has 0 spiro atoms. The summed E-state index contributed by atoms with van der Waals surface area (Å²) < 4.78 is 0. The van der Waals surface area contributed by atoms with Crippen LogP contribution in [0.5, 0.6) is 0 Å². The summed E-state index contributed by atoms with van der Waals surface area (Å²) >= 11 is 0. The summed E-state index contributed by atoms with van der Waals surface area (Å²) in [4.78, 5) is 9.75. The molecule has 2 N–H and O–H groups in total. The van der Waals surface area contributed by atoms with Gasteiger partial charge in [-0.15, -0.1) is 0 Å². The van der Waals surface area contributed by atoms with Gasteiger partial charge in [0, 0.05) is 0 Å². The number of rotatable bonds is 4. The Morgan fingerprint density at radius 2 is 1.60 bits per heavy atom. The van der Waals surface area contributed by atoms with Crippen LogP contribution in [0, 0.1) is 0 Å². The van der Waals surface area contributed by atoms with Crippen LogP contribution in [0.15, 0.2) is 36.6 Å². The van der Waals surface area contributed by atoms with E-state index in [0.29, 0.717) is 0 Å². The van der Waals surface area contributed by atoms with E-state index in [1.54, 1.807) is 12.2 Å². The molecule has 0 aromatic carbocycles. The third kappa shape index (κ3) is 6.85. The minimum Gasteiger partial charge on any atom is -0.322 e. The highest BCUT2D eigenvalue weighted by atomic mass is 16.1. The summed E-state index contributed by atoms with van der Waals surface area (Å²) in [7, 11) is 1.95. The Kier molecular flexibility index (Phi) is 6.95. The van der Waals surface area contributed by atoms with Gasteiger partial charge in [0.05, 0.1) is 13.2 Å². The van der Waals surface area contributed by atoms with Gasteiger partial charge in [0.2, 0.25) is 0 Å². The van der Waals surface area contributed by atoms with E-state index in [0.717, 1.165) is 6.29 Å². The first-order chi connectivity index (χ1) is 4.91. The first-order valence-electron chi connectivity index (χ1n) is 3.15. The van der Waals surface area contributed by atoms with Gasteiger partial charge in [-0.25, -0.2) is 0 Å². The molecule has 0 aliphatic carbocycles. The zero-order valence-corrected chi connectivity index (χ0v) is 6.03. The predicted octanol–water partition coefficient (Wildman–Crippen LogP) is 0.00460. The van der Waals surface area contributed by atoms with Crippen molar-refractivity contribution in [3.8, 4) is 0 Å². The smallest absolute Gasteiger partial charge is 0.142 e. The molecule has 0 heterocycles. The Morgan fingerprint density at radius 1 is 1.00 bits per heavy atom. The van der Waals surface area contributed by atoms with E-state index < -0.39 is 0 Å². The van der Waals surface area contributed by atoms with Crippen LogP contribution in [0.25, 0.3) is 0 Å². The van der Waals surface area contributed by atoms with Gasteiger partial charge >= 0.3 is 0 Å². The number of carbonyl (C=O) groups excluding carboxylic acids is 1. The van der Waals surface area contributed by atoms with Crippen molar-refractivity contribution in [1.29, 1.82) is 0 Å². The van der Waals surface area contributed by atoms with Gasteiger partial charge in [-0.05, 0) is 12.2 Å². The molecule has 0 unspecified atom stereocenters. The maximum absolute atomic E-state index is 9.75. The van der Waals surface area contributed by atoms with E-state index in [4.69, 9.17) is 0 Å². The molecule has 2 nitrogen and oxygen atoms in total. The van der Waals surface area contributed by atoms with Crippen LogP contribution < -0.4 is 5.32 Å². The Hall–Kier alpha value is -1.15. The van der Waals surface area contributed by atoms with Crippen molar-refractivity contribution < 1.29 is 10.1 Å². The number of hydrogen-bond acceptors (Lipinski definition) is 1. The number of allylic oxidation sites excluding steroid dienone is 5. The molecule has 0 aromatic heterocycles. The summed E-state index contributed by atoms with van der Waals surface area (Å²) in [5, 5.41) is 1.94. The lowest BCUT2D eigenvalue weighted by atomic mass is 10.4. The minimum absolute atomic E-state index is 0.750. The summed E-state index contributed by atoms with van der Waals surface area (Å²) in [5.41, 5.74) is 0. The Labute approximate surface area is 60.9 Å². The molecule has 0 aromatic rings. The average molecular weight is 138 g/mol.